The van der Waals surface area contributed by atoms with Crippen LogP contribution in [0.1, 0.15) is 11.1 Å². The smallest absolute Gasteiger partial charge is 0.165 e. The van der Waals surface area contributed by atoms with Gasteiger partial charge < -0.3 is 10.5 Å². The van der Waals surface area contributed by atoms with Crippen LogP contribution in [0.2, 0.25) is 0 Å². The summed E-state index contributed by atoms with van der Waals surface area (Å²) >= 11 is 1.39. The standard InChI is InChI=1S/C17H19FN2OS/c1-12-7-8-14(11-13(12)2)20-17(19)22-10-9-21-16-6-4-3-5-15(16)18/h3-8,11H,9-10H2,1-2H3,(H2,19,20). The van der Waals surface area contributed by atoms with Crippen LogP contribution in [0.25, 0.3) is 0 Å². The summed E-state index contributed by atoms with van der Waals surface area (Å²) in [6.07, 6.45) is 0. The Kier molecular flexibility index (Phi) is 5.83. The number of rotatable bonds is 5. The Labute approximate surface area is 134 Å². The van der Waals surface area contributed by atoms with Gasteiger partial charge in [-0.15, -0.1) is 0 Å². The van der Waals surface area contributed by atoms with E-state index >= 15 is 0 Å². The first-order valence-corrected chi connectivity index (χ1v) is 7.96. The van der Waals surface area contributed by atoms with Gasteiger partial charge in [-0.1, -0.05) is 30.0 Å². The Hall–Kier alpha value is -2.01. The summed E-state index contributed by atoms with van der Waals surface area (Å²) in [4.78, 5) is 4.35. The number of aryl methyl sites for hydroxylation is 2. The SMILES string of the molecule is Cc1ccc(N=C(N)SCCOc2ccccc2F)cc1C. The van der Waals surface area contributed by atoms with E-state index in [1.807, 2.05) is 25.1 Å². The van der Waals surface area contributed by atoms with Gasteiger partial charge in [0.1, 0.15) is 0 Å². The number of para-hydroxylation sites is 1. The molecule has 0 aliphatic carbocycles. The number of thioether (sulfide) groups is 1. The number of aliphatic imine (C=N–C) groups is 1. The first-order chi connectivity index (χ1) is 10.6. The lowest BCUT2D eigenvalue weighted by molar-refractivity contribution is 0.325. The lowest BCUT2D eigenvalue weighted by Gasteiger charge is -2.07. The lowest BCUT2D eigenvalue weighted by Crippen LogP contribution is -2.10. The molecule has 0 amide bonds. The summed E-state index contributed by atoms with van der Waals surface area (Å²) in [5, 5.41) is 0.473. The predicted octanol–water partition coefficient (Wildman–Crippen LogP) is 4.20. The monoisotopic (exact) mass is 318 g/mol. The van der Waals surface area contributed by atoms with Gasteiger partial charge in [-0.05, 0) is 49.2 Å². The van der Waals surface area contributed by atoms with Crippen LogP contribution in [-0.2, 0) is 0 Å². The second-order valence-corrected chi connectivity index (χ2v) is 5.96. The quantitative estimate of drug-likeness (QED) is 0.510. The molecule has 2 rings (SSSR count). The third-order valence-corrected chi connectivity index (χ3v) is 3.92. The first-order valence-electron chi connectivity index (χ1n) is 6.98. The van der Waals surface area contributed by atoms with Crippen molar-refractivity contribution in [1.29, 1.82) is 0 Å². The second-order valence-electron chi connectivity index (χ2n) is 4.85. The van der Waals surface area contributed by atoms with Crippen LogP contribution in [0.4, 0.5) is 10.1 Å². The van der Waals surface area contributed by atoms with Gasteiger partial charge in [-0.3, -0.25) is 0 Å². The largest absolute Gasteiger partial charge is 0.490 e. The number of hydrogen-bond donors (Lipinski definition) is 1. The third kappa shape index (κ3) is 4.77. The van der Waals surface area contributed by atoms with Crippen LogP contribution in [-0.4, -0.2) is 17.5 Å². The molecule has 2 aromatic carbocycles. The number of hydrogen-bond acceptors (Lipinski definition) is 3. The lowest BCUT2D eigenvalue weighted by atomic mass is 10.1. The van der Waals surface area contributed by atoms with E-state index in [1.165, 1.54) is 29.0 Å². The molecule has 3 nitrogen and oxygen atoms in total. The Bertz CT molecular complexity index is 673. The maximum Gasteiger partial charge on any atom is 0.165 e. The van der Waals surface area contributed by atoms with Gasteiger partial charge in [-0.2, -0.15) is 0 Å². The van der Waals surface area contributed by atoms with E-state index in [-0.39, 0.29) is 11.6 Å². The molecule has 2 N–H and O–H groups in total. The highest BCUT2D eigenvalue weighted by atomic mass is 32.2. The Morgan fingerprint density at radius 3 is 2.68 bits per heavy atom. The van der Waals surface area contributed by atoms with Crippen molar-refractivity contribution in [3.8, 4) is 5.75 Å². The van der Waals surface area contributed by atoms with Crippen molar-refractivity contribution in [2.75, 3.05) is 12.4 Å². The number of nitrogens with zero attached hydrogens (tertiary/aromatic N) is 1. The average molecular weight is 318 g/mol. The topological polar surface area (TPSA) is 47.6 Å². The number of ether oxygens (including phenoxy) is 1. The first kappa shape index (κ1) is 16.4. The Morgan fingerprint density at radius 1 is 1.18 bits per heavy atom. The molecule has 0 unspecified atom stereocenters. The summed E-state index contributed by atoms with van der Waals surface area (Å²) in [5.74, 6) is 0.506. The molecule has 5 heteroatoms. The van der Waals surface area contributed by atoms with Crippen molar-refractivity contribution in [2.24, 2.45) is 10.7 Å². The van der Waals surface area contributed by atoms with Crippen molar-refractivity contribution >= 4 is 22.6 Å². The Morgan fingerprint density at radius 2 is 1.95 bits per heavy atom. The van der Waals surface area contributed by atoms with Gasteiger partial charge in [0.15, 0.2) is 16.7 Å². The zero-order valence-electron chi connectivity index (χ0n) is 12.7. The molecule has 22 heavy (non-hydrogen) atoms. The molecular formula is C17H19FN2OS. The number of amidine groups is 1. The number of nitrogens with two attached hydrogens (primary N) is 1. The van der Waals surface area contributed by atoms with Crippen LogP contribution in [0.3, 0.4) is 0 Å². The highest BCUT2D eigenvalue weighted by Crippen LogP contribution is 2.19. The molecule has 0 spiro atoms. The zero-order valence-corrected chi connectivity index (χ0v) is 13.5. The minimum absolute atomic E-state index is 0.257. The summed E-state index contributed by atoms with van der Waals surface area (Å²) in [6, 6.07) is 12.3. The highest BCUT2D eigenvalue weighted by molar-refractivity contribution is 8.13. The van der Waals surface area contributed by atoms with Crippen molar-refractivity contribution in [3.63, 3.8) is 0 Å². The fourth-order valence-electron chi connectivity index (χ4n) is 1.81. The van der Waals surface area contributed by atoms with E-state index < -0.39 is 0 Å². The summed E-state index contributed by atoms with van der Waals surface area (Å²) < 4.78 is 18.7. The molecule has 0 aliphatic rings. The zero-order chi connectivity index (χ0) is 15.9. The molecule has 0 saturated carbocycles. The van der Waals surface area contributed by atoms with Gasteiger partial charge >= 0.3 is 0 Å². The van der Waals surface area contributed by atoms with Crippen LogP contribution >= 0.6 is 11.8 Å². The third-order valence-electron chi connectivity index (χ3n) is 3.16. The summed E-state index contributed by atoms with van der Waals surface area (Å²) in [7, 11) is 0. The van der Waals surface area contributed by atoms with Crippen molar-refractivity contribution in [3.05, 3.63) is 59.4 Å². The van der Waals surface area contributed by atoms with Crippen LogP contribution in [0.5, 0.6) is 5.75 Å². The van der Waals surface area contributed by atoms with Gasteiger partial charge in [0, 0.05) is 5.75 Å². The predicted molar refractivity (Wildman–Crippen MR) is 91.6 cm³/mol. The molecule has 0 fully saturated rings. The summed E-state index contributed by atoms with van der Waals surface area (Å²) in [6.45, 7) is 4.47. The maximum atomic E-state index is 13.4. The van der Waals surface area contributed by atoms with E-state index in [0.29, 0.717) is 17.5 Å². The maximum absolute atomic E-state index is 13.4. The molecule has 0 saturated heterocycles. The summed E-state index contributed by atoms with van der Waals surface area (Å²) in [5.41, 5.74) is 9.13. The van der Waals surface area contributed by atoms with E-state index in [0.717, 1.165) is 5.69 Å². The molecule has 2 aromatic rings. The average Bonchev–Trinajstić information content (AvgIpc) is 2.49. The molecule has 0 radical (unpaired) electrons. The fourth-order valence-corrected chi connectivity index (χ4v) is 2.36. The normalized spacial score (nSPS) is 11.5. The van der Waals surface area contributed by atoms with Crippen molar-refractivity contribution in [2.45, 2.75) is 13.8 Å². The molecule has 0 atom stereocenters. The van der Waals surface area contributed by atoms with E-state index in [1.54, 1.807) is 18.2 Å². The van der Waals surface area contributed by atoms with E-state index in [2.05, 4.69) is 11.9 Å². The van der Waals surface area contributed by atoms with Gasteiger partial charge in [0.25, 0.3) is 0 Å². The molecule has 0 aromatic heterocycles. The molecule has 0 heterocycles. The second kappa shape index (κ2) is 7.84. The van der Waals surface area contributed by atoms with Crippen molar-refractivity contribution < 1.29 is 9.13 Å². The molecule has 0 bridgehead atoms. The highest BCUT2D eigenvalue weighted by Gasteiger charge is 2.02. The van der Waals surface area contributed by atoms with E-state index in [9.17, 15) is 4.39 Å². The van der Waals surface area contributed by atoms with Crippen LogP contribution in [0, 0.1) is 19.7 Å². The number of halogens is 1. The van der Waals surface area contributed by atoms with Gasteiger partial charge in [0.2, 0.25) is 0 Å². The minimum Gasteiger partial charge on any atom is -0.490 e. The Balaban J connectivity index is 1.82. The molecule has 0 aliphatic heterocycles. The fraction of sp³-hybridized carbons (Fsp3) is 0.235. The molecule has 116 valence electrons. The van der Waals surface area contributed by atoms with Crippen LogP contribution < -0.4 is 10.5 Å². The van der Waals surface area contributed by atoms with E-state index in [4.69, 9.17) is 10.5 Å². The van der Waals surface area contributed by atoms with Crippen LogP contribution in [0.15, 0.2) is 47.5 Å². The van der Waals surface area contributed by atoms with Crippen molar-refractivity contribution in [1.82, 2.24) is 0 Å². The van der Waals surface area contributed by atoms with Gasteiger partial charge in [0.05, 0.1) is 12.3 Å². The van der Waals surface area contributed by atoms with Gasteiger partial charge in [-0.25, -0.2) is 9.38 Å². The number of benzene rings is 2. The molecular weight excluding hydrogens is 299 g/mol. The minimum atomic E-state index is -0.357.